The molecule has 0 radical (unpaired) electrons. The third-order valence-corrected chi connectivity index (χ3v) is 6.08. The van der Waals surface area contributed by atoms with E-state index in [0.29, 0.717) is 35.4 Å². The molecule has 2 amide bonds. The lowest BCUT2D eigenvalue weighted by Crippen LogP contribution is -2.48. The predicted octanol–water partition coefficient (Wildman–Crippen LogP) is 3.54. The van der Waals surface area contributed by atoms with E-state index in [1.54, 1.807) is 11.0 Å². The summed E-state index contributed by atoms with van der Waals surface area (Å²) < 4.78 is 0. The fraction of sp³-hybridized carbons (Fsp3) is 0.600. The van der Waals surface area contributed by atoms with Crippen molar-refractivity contribution in [2.45, 2.75) is 25.7 Å². The van der Waals surface area contributed by atoms with Crippen molar-refractivity contribution in [3.8, 4) is 0 Å². The first kappa shape index (κ1) is 20.4. The van der Waals surface area contributed by atoms with Gasteiger partial charge >= 0.3 is 0 Å². The van der Waals surface area contributed by atoms with Gasteiger partial charge in [0.2, 0.25) is 11.8 Å². The zero-order valence-electron chi connectivity index (χ0n) is 16.0. The average Bonchev–Trinajstić information content (AvgIpc) is 3.49. The quantitative estimate of drug-likeness (QED) is 0.718. The fourth-order valence-electron chi connectivity index (χ4n) is 3.54. The summed E-state index contributed by atoms with van der Waals surface area (Å²) in [5.41, 5.74) is 0.640. The average molecular weight is 412 g/mol. The van der Waals surface area contributed by atoms with E-state index < -0.39 is 0 Å². The maximum absolute atomic E-state index is 13.4. The Kier molecular flexibility index (Phi) is 6.66. The van der Waals surface area contributed by atoms with Crippen molar-refractivity contribution in [2.75, 3.05) is 45.2 Å². The maximum Gasteiger partial charge on any atom is 0.231 e. The molecule has 3 rings (SSSR count). The van der Waals surface area contributed by atoms with E-state index in [4.69, 9.17) is 23.2 Å². The van der Waals surface area contributed by atoms with Gasteiger partial charge in [-0.2, -0.15) is 0 Å². The second-order valence-corrected chi connectivity index (χ2v) is 8.55. The lowest BCUT2D eigenvalue weighted by molar-refractivity contribution is -0.136. The van der Waals surface area contributed by atoms with Gasteiger partial charge in [-0.05, 0) is 51.9 Å². The highest BCUT2D eigenvalue weighted by molar-refractivity contribution is 6.44. The van der Waals surface area contributed by atoms with E-state index in [-0.39, 0.29) is 23.7 Å². The van der Waals surface area contributed by atoms with Gasteiger partial charge in [0, 0.05) is 32.1 Å². The Balaban J connectivity index is 1.79. The van der Waals surface area contributed by atoms with Gasteiger partial charge in [0.1, 0.15) is 0 Å². The van der Waals surface area contributed by atoms with E-state index in [2.05, 4.69) is 0 Å². The summed E-state index contributed by atoms with van der Waals surface area (Å²) in [7, 11) is 3.94. The third-order valence-electron chi connectivity index (χ3n) is 5.27. The SMILES string of the molecule is CN(C)CCN(C(=O)[C@H]1CCCN(C(=O)C2CC2)C1)c1cccc(Cl)c1Cl. The number of piperidine rings is 1. The molecule has 1 heterocycles. The van der Waals surface area contributed by atoms with E-state index in [1.807, 2.05) is 36.0 Å². The van der Waals surface area contributed by atoms with Crippen molar-refractivity contribution >= 4 is 40.7 Å². The van der Waals surface area contributed by atoms with Crippen molar-refractivity contribution in [3.05, 3.63) is 28.2 Å². The van der Waals surface area contributed by atoms with Crippen LogP contribution in [0.4, 0.5) is 5.69 Å². The number of amides is 2. The predicted molar refractivity (Wildman–Crippen MR) is 109 cm³/mol. The third kappa shape index (κ3) is 4.95. The topological polar surface area (TPSA) is 43.9 Å². The molecule has 1 aromatic rings. The Morgan fingerprint density at radius 2 is 1.85 bits per heavy atom. The van der Waals surface area contributed by atoms with Crippen LogP contribution in [-0.4, -0.2) is 61.9 Å². The molecule has 0 spiro atoms. The molecule has 0 unspecified atom stereocenters. The minimum Gasteiger partial charge on any atom is -0.342 e. The monoisotopic (exact) mass is 411 g/mol. The molecular weight excluding hydrogens is 385 g/mol. The second kappa shape index (κ2) is 8.80. The summed E-state index contributed by atoms with van der Waals surface area (Å²) in [6.45, 7) is 2.50. The van der Waals surface area contributed by atoms with E-state index >= 15 is 0 Å². The molecular formula is C20H27Cl2N3O2. The Bertz CT molecular complexity index is 706. The molecule has 5 nitrogen and oxygen atoms in total. The fourth-order valence-corrected chi connectivity index (χ4v) is 3.94. The van der Waals surface area contributed by atoms with Crippen LogP contribution in [0.5, 0.6) is 0 Å². The first-order valence-electron chi connectivity index (χ1n) is 9.57. The highest BCUT2D eigenvalue weighted by Gasteiger charge is 2.38. The number of hydrogen-bond donors (Lipinski definition) is 0. The van der Waals surface area contributed by atoms with Crippen LogP contribution in [0.3, 0.4) is 0 Å². The number of rotatable bonds is 6. The molecule has 1 aromatic carbocycles. The number of carbonyl (C=O) groups is 2. The van der Waals surface area contributed by atoms with Crippen LogP contribution in [0.2, 0.25) is 10.0 Å². The zero-order chi connectivity index (χ0) is 19.6. The van der Waals surface area contributed by atoms with Crippen molar-refractivity contribution in [1.82, 2.24) is 9.80 Å². The van der Waals surface area contributed by atoms with Crippen LogP contribution in [0.25, 0.3) is 0 Å². The van der Waals surface area contributed by atoms with Gasteiger partial charge in [-0.15, -0.1) is 0 Å². The van der Waals surface area contributed by atoms with Gasteiger partial charge in [0.15, 0.2) is 0 Å². The molecule has 1 aliphatic heterocycles. The van der Waals surface area contributed by atoms with Crippen LogP contribution < -0.4 is 4.90 Å². The standard InChI is InChI=1S/C20H27Cl2N3O2/c1-23(2)11-12-25(17-7-3-6-16(21)18(17)22)20(27)15-5-4-10-24(13-15)19(26)14-8-9-14/h3,6-7,14-15H,4-5,8-13H2,1-2H3/t15-/m0/s1. The van der Waals surface area contributed by atoms with Crippen LogP contribution in [0.1, 0.15) is 25.7 Å². The molecule has 148 valence electrons. The number of likely N-dealkylation sites (tertiary alicyclic amines) is 1. The summed E-state index contributed by atoms with van der Waals surface area (Å²) in [6, 6.07) is 5.36. The van der Waals surface area contributed by atoms with Crippen LogP contribution in [0, 0.1) is 11.8 Å². The first-order chi connectivity index (χ1) is 12.9. The summed E-state index contributed by atoms with van der Waals surface area (Å²) in [6.07, 6.45) is 3.63. The molecule has 1 atom stereocenters. The molecule has 0 aromatic heterocycles. The first-order valence-corrected chi connectivity index (χ1v) is 10.3. The van der Waals surface area contributed by atoms with Gasteiger partial charge in [-0.1, -0.05) is 29.3 Å². The molecule has 1 saturated carbocycles. The molecule has 1 saturated heterocycles. The van der Waals surface area contributed by atoms with Gasteiger partial charge in [0.25, 0.3) is 0 Å². The Morgan fingerprint density at radius 3 is 2.52 bits per heavy atom. The van der Waals surface area contributed by atoms with E-state index in [0.717, 1.165) is 32.2 Å². The number of anilines is 1. The number of benzene rings is 1. The molecule has 1 aliphatic carbocycles. The largest absolute Gasteiger partial charge is 0.342 e. The van der Waals surface area contributed by atoms with Crippen molar-refractivity contribution in [1.29, 1.82) is 0 Å². The van der Waals surface area contributed by atoms with Crippen molar-refractivity contribution in [3.63, 3.8) is 0 Å². The summed E-state index contributed by atoms with van der Waals surface area (Å²) in [5, 5.41) is 0.832. The van der Waals surface area contributed by atoms with E-state index in [1.165, 1.54) is 0 Å². The van der Waals surface area contributed by atoms with Gasteiger partial charge < -0.3 is 14.7 Å². The Hall–Kier alpha value is -1.30. The van der Waals surface area contributed by atoms with E-state index in [9.17, 15) is 9.59 Å². The highest BCUT2D eigenvalue weighted by atomic mass is 35.5. The maximum atomic E-state index is 13.4. The van der Waals surface area contributed by atoms with Crippen LogP contribution in [0.15, 0.2) is 18.2 Å². The number of hydrogen-bond acceptors (Lipinski definition) is 3. The van der Waals surface area contributed by atoms with Crippen LogP contribution in [-0.2, 0) is 9.59 Å². The lowest BCUT2D eigenvalue weighted by Gasteiger charge is -2.35. The smallest absolute Gasteiger partial charge is 0.231 e. The summed E-state index contributed by atoms with van der Waals surface area (Å²) in [4.78, 5) is 31.5. The normalized spacial score (nSPS) is 20.0. The molecule has 27 heavy (non-hydrogen) atoms. The Morgan fingerprint density at radius 1 is 1.11 bits per heavy atom. The zero-order valence-corrected chi connectivity index (χ0v) is 17.5. The number of likely N-dealkylation sites (N-methyl/N-ethyl adjacent to an activating group) is 1. The minimum absolute atomic E-state index is 0.0225. The summed E-state index contributed by atoms with van der Waals surface area (Å²) >= 11 is 12.6. The Labute approximate surface area is 171 Å². The molecule has 7 heteroatoms. The number of carbonyl (C=O) groups excluding carboxylic acids is 2. The highest BCUT2D eigenvalue weighted by Crippen LogP contribution is 2.35. The minimum atomic E-state index is -0.196. The molecule has 0 N–H and O–H groups in total. The lowest BCUT2D eigenvalue weighted by atomic mass is 9.95. The van der Waals surface area contributed by atoms with Gasteiger partial charge in [-0.3, -0.25) is 9.59 Å². The second-order valence-electron chi connectivity index (χ2n) is 7.76. The summed E-state index contributed by atoms with van der Waals surface area (Å²) in [5.74, 6) is 0.229. The molecule has 2 fully saturated rings. The number of halogens is 2. The van der Waals surface area contributed by atoms with Crippen molar-refractivity contribution < 1.29 is 9.59 Å². The van der Waals surface area contributed by atoms with Gasteiger partial charge in [-0.25, -0.2) is 0 Å². The number of nitrogens with zero attached hydrogens (tertiary/aromatic N) is 3. The van der Waals surface area contributed by atoms with Crippen LogP contribution >= 0.6 is 23.2 Å². The van der Waals surface area contributed by atoms with Gasteiger partial charge in [0.05, 0.1) is 21.7 Å². The molecule has 0 bridgehead atoms. The molecule has 2 aliphatic rings. The van der Waals surface area contributed by atoms with Crippen molar-refractivity contribution in [2.24, 2.45) is 11.8 Å².